The highest BCUT2D eigenvalue weighted by Crippen LogP contribution is 2.48. The van der Waals surface area contributed by atoms with Gasteiger partial charge >= 0.3 is 5.97 Å². The lowest BCUT2D eigenvalue weighted by atomic mass is 9.62. The molecule has 0 aromatic heterocycles. The third-order valence-corrected chi connectivity index (χ3v) is 7.01. The lowest BCUT2D eigenvalue weighted by Crippen LogP contribution is -2.46. The number of likely N-dealkylation sites (tertiary alicyclic amines) is 1. The number of carboxylic acids is 1. The predicted molar refractivity (Wildman–Crippen MR) is 107 cm³/mol. The summed E-state index contributed by atoms with van der Waals surface area (Å²) in [6.07, 6.45) is 14.6. The Labute approximate surface area is 163 Å². The van der Waals surface area contributed by atoms with Gasteiger partial charge in [-0.25, -0.2) is 0 Å². The number of allylic oxidation sites excluding steroid dienone is 1. The molecule has 0 radical (unpaired) electrons. The van der Waals surface area contributed by atoms with E-state index < -0.39 is 5.97 Å². The zero-order chi connectivity index (χ0) is 19.0. The van der Waals surface area contributed by atoms with E-state index in [9.17, 15) is 9.90 Å². The van der Waals surface area contributed by atoms with Gasteiger partial charge in [0.05, 0.1) is 11.5 Å². The van der Waals surface area contributed by atoms with Crippen LogP contribution in [0, 0.1) is 5.41 Å². The highest BCUT2D eigenvalue weighted by atomic mass is 35.5. The van der Waals surface area contributed by atoms with Gasteiger partial charge in [0.2, 0.25) is 0 Å². The fourth-order valence-corrected chi connectivity index (χ4v) is 4.88. The normalized spacial score (nSPS) is 25.3. The van der Waals surface area contributed by atoms with Crippen molar-refractivity contribution >= 4 is 17.6 Å². The van der Waals surface area contributed by atoms with Crippen molar-refractivity contribution in [3.05, 3.63) is 12.2 Å². The highest BCUT2D eigenvalue weighted by Gasteiger charge is 2.44. The predicted octanol–water partition coefficient (Wildman–Crippen LogP) is 4.59. The summed E-state index contributed by atoms with van der Waals surface area (Å²) in [6.45, 7) is 4.25. The highest BCUT2D eigenvalue weighted by molar-refractivity contribution is 6.21. The van der Waals surface area contributed by atoms with Gasteiger partial charge in [-0.05, 0) is 76.3 Å². The molecule has 2 rings (SSSR count). The lowest BCUT2D eigenvalue weighted by molar-refractivity contribution is -0.137. The first-order valence-corrected chi connectivity index (χ1v) is 10.8. The Bertz CT molecular complexity index is 459. The molecule has 0 bridgehead atoms. The second kappa shape index (κ2) is 10.7. The molecule has 1 heterocycles. The van der Waals surface area contributed by atoms with Crippen LogP contribution in [0.2, 0.25) is 0 Å². The number of aliphatic hydroxyl groups excluding tert-OH is 1. The molecule has 1 aliphatic heterocycles. The van der Waals surface area contributed by atoms with Crippen LogP contribution in [0.3, 0.4) is 0 Å². The van der Waals surface area contributed by atoms with Gasteiger partial charge < -0.3 is 15.1 Å². The first-order chi connectivity index (χ1) is 12.5. The van der Waals surface area contributed by atoms with Crippen LogP contribution in [-0.2, 0) is 4.79 Å². The van der Waals surface area contributed by atoms with Crippen LogP contribution in [0.25, 0.3) is 0 Å². The average Bonchev–Trinajstić information content (AvgIpc) is 3.02. The molecule has 3 atom stereocenters. The Kier molecular flexibility index (Phi) is 8.92. The summed E-state index contributed by atoms with van der Waals surface area (Å²) in [5.74, 6) is -0.718. The van der Waals surface area contributed by atoms with Crippen LogP contribution in [0.15, 0.2) is 12.2 Å². The van der Waals surface area contributed by atoms with Crippen LogP contribution in [-0.4, -0.2) is 51.7 Å². The number of alkyl halides is 1. The van der Waals surface area contributed by atoms with E-state index in [1.807, 2.05) is 0 Å². The van der Waals surface area contributed by atoms with Gasteiger partial charge in [0.1, 0.15) is 0 Å². The molecule has 1 aliphatic carbocycles. The third-order valence-electron chi connectivity index (χ3n) is 6.55. The van der Waals surface area contributed by atoms with Crippen LogP contribution in [0.5, 0.6) is 0 Å². The van der Waals surface area contributed by atoms with E-state index in [0.717, 1.165) is 51.6 Å². The van der Waals surface area contributed by atoms with Gasteiger partial charge in [-0.2, -0.15) is 0 Å². The summed E-state index contributed by atoms with van der Waals surface area (Å²) in [4.78, 5) is 13.0. The van der Waals surface area contributed by atoms with Crippen molar-refractivity contribution in [1.82, 2.24) is 4.90 Å². The molecule has 2 aliphatic rings. The SMILES string of the molecule is CCC1(C(O)[C@H](Cl)CCN2CCCC2C/C=C\CCCC(=O)O)CCC1. The van der Waals surface area contributed by atoms with E-state index in [-0.39, 0.29) is 23.3 Å². The molecule has 1 saturated heterocycles. The minimum absolute atomic E-state index is 0.0789. The molecule has 0 amide bonds. The van der Waals surface area contributed by atoms with Crippen LogP contribution < -0.4 is 0 Å². The quantitative estimate of drug-likeness (QED) is 0.293. The molecule has 26 heavy (non-hydrogen) atoms. The summed E-state index contributed by atoms with van der Waals surface area (Å²) in [5, 5.41) is 19.2. The second-order valence-electron chi connectivity index (χ2n) is 8.14. The van der Waals surface area contributed by atoms with Gasteiger partial charge in [0, 0.05) is 12.5 Å². The fourth-order valence-electron chi connectivity index (χ4n) is 4.52. The standard InChI is InChI=1S/C21H36ClNO3/c1-2-21(13-8-14-21)20(26)18(22)12-16-23-15-7-10-17(23)9-5-3-4-6-11-19(24)25/h3,5,17-18,20,26H,2,4,6-16H2,1H3,(H,24,25)/b5-3-/t17?,18-,20?/m1/s1. The zero-order valence-corrected chi connectivity index (χ0v) is 17.0. The minimum Gasteiger partial charge on any atom is -0.481 e. The van der Waals surface area contributed by atoms with E-state index in [4.69, 9.17) is 16.7 Å². The number of hydrogen-bond donors (Lipinski definition) is 2. The van der Waals surface area contributed by atoms with Crippen LogP contribution in [0.4, 0.5) is 0 Å². The summed E-state index contributed by atoms with van der Waals surface area (Å²) in [6, 6.07) is 0.565. The number of aliphatic hydroxyl groups is 1. The molecule has 0 spiro atoms. The van der Waals surface area contributed by atoms with Crippen molar-refractivity contribution in [3.63, 3.8) is 0 Å². The fraction of sp³-hybridized carbons (Fsp3) is 0.857. The molecule has 0 aromatic carbocycles. The maximum absolute atomic E-state index is 10.7. The van der Waals surface area contributed by atoms with Crippen LogP contribution >= 0.6 is 11.6 Å². The second-order valence-corrected chi connectivity index (χ2v) is 8.70. The molecule has 5 heteroatoms. The van der Waals surface area contributed by atoms with Crippen molar-refractivity contribution in [2.75, 3.05) is 13.1 Å². The van der Waals surface area contributed by atoms with E-state index in [0.29, 0.717) is 12.5 Å². The maximum Gasteiger partial charge on any atom is 0.303 e. The number of rotatable bonds is 12. The minimum atomic E-state index is -0.718. The van der Waals surface area contributed by atoms with Gasteiger partial charge in [-0.3, -0.25) is 4.79 Å². The van der Waals surface area contributed by atoms with Gasteiger partial charge in [0.25, 0.3) is 0 Å². The number of unbranched alkanes of at least 4 members (excludes halogenated alkanes) is 1. The number of halogens is 1. The molecule has 150 valence electrons. The molecule has 1 saturated carbocycles. The number of carbonyl (C=O) groups is 1. The van der Waals surface area contributed by atoms with E-state index >= 15 is 0 Å². The zero-order valence-electron chi connectivity index (χ0n) is 16.2. The monoisotopic (exact) mass is 385 g/mol. The third kappa shape index (κ3) is 5.97. The number of aliphatic carboxylic acids is 1. The average molecular weight is 386 g/mol. The van der Waals surface area contributed by atoms with E-state index in [1.165, 1.54) is 19.3 Å². The molecular formula is C21H36ClNO3. The first kappa shape index (κ1) is 21.7. The smallest absolute Gasteiger partial charge is 0.303 e. The lowest BCUT2D eigenvalue weighted by Gasteiger charge is -2.46. The van der Waals surface area contributed by atoms with Crippen LogP contribution in [0.1, 0.15) is 77.6 Å². The van der Waals surface area contributed by atoms with Crippen molar-refractivity contribution in [1.29, 1.82) is 0 Å². The topological polar surface area (TPSA) is 60.8 Å². The van der Waals surface area contributed by atoms with Crippen molar-refractivity contribution in [2.24, 2.45) is 5.41 Å². The first-order valence-electron chi connectivity index (χ1n) is 10.4. The number of hydrogen-bond acceptors (Lipinski definition) is 3. The summed E-state index contributed by atoms with van der Waals surface area (Å²) in [7, 11) is 0. The summed E-state index contributed by atoms with van der Waals surface area (Å²) in [5.41, 5.74) is 0.0789. The van der Waals surface area contributed by atoms with Crippen molar-refractivity contribution in [3.8, 4) is 0 Å². The Morgan fingerprint density at radius 3 is 2.73 bits per heavy atom. The molecule has 4 nitrogen and oxygen atoms in total. The molecular weight excluding hydrogens is 350 g/mol. The maximum atomic E-state index is 10.7. The number of carboxylic acid groups (broad SMARTS) is 1. The Morgan fingerprint density at radius 2 is 2.12 bits per heavy atom. The molecule has 2 N–H and O–H groups in total. The number of nitrogens with zero attached hydrogens (tertiary/aromatic N) is 1. The Balaban J connectivity index is 1.69. The van der Waals surface area contributed by atoms with Gasteiger partial charge in [-0.1, -0.05) is 25.5 Å². The van der Waals surface area contributed by atoms with Crippen molar-refractivity contribution < 1.29 is 15.0 Å². The molecule has 2 fully saturated rings. The van der Waals surface area contributed by atoms with E-state index in [2.05, 4.69) is 24.0 Å². The summed E-state index contributed by atoms with van der Waals surface area (Å²) >= 11 is 6.58. The summed E-state index contributed by atoms with van der Waals surface area (Å²) < 4.78 is 0. The van der Waals surface area contributed by atoms with Gasteiger partial charge in [0.15, 0.2) is 0 Å². The van der Waals surface area contributed by atoms with E-state index in [1.54, 1.807) is 0 Å². The molecule has 0 aromatic rings. The Morgan fingerprint density at radius 1 is 1.35 bits per heavy atom. The largest absolute Gasteiger partial charge is 0.481 e. The Hall–Kier alpha value is -0.580. The van der Waals surface area contributed by atoms with Gasteiger partial charge in [-0.15, -0.1) is 11.6 Å². The molecule has 2 unspecified atom stereocenters. The van der Waals surface area contributed by atoms with Crippen molar-refractivity contribution in [2.45, 2.75) is 95.1 Å².